The highest BCUT2D eigenvalue weighted by atomic mass is 16.5. The van der Waals surface area contributed by atoms with Gasteiger partial charge < -0.3 is 19.9 Å². The van der Waals surface area contributed by atoms with Gasteiger partial charge in [-0.25, -0.2) is 9.59 Å². The molecule has 2 aromatic heterocycles. The molecule has 6 nitrogen and oxygen atoms in total. The number of nitrogen functional groups attached to an aromatic ring is 1. The first-order valence-corrected chi connectivity index (χ1v) is 6.12. The van der Waals surface area contributed by atoms with E-state index in [4.69, 9.17) is 14.9 Å². The molecule has 0 saturated carbocycles. The molecular weight excluding hydrogens is 260 g/mol. The lowest BCUT2D eigenvalue weighted by Gasteiger charge is -1.99. The third kappa shape index (κ3) is 1.82. The van der Waals surface area contributed by atoms with E-state index < -0.39 is 11.6 Å². The first-order chi connectivity index (χ1) is 9.60. The monoisotopic (exact) mass is 272 g/mol. The second-order valence-electron chi connectivity index (χ2n) is 4.33. The molecule has 0 aliphatic heterocycles. The van der Waals surface area contributed by atoms with Gasteiger partial charge in [0, 0.05) is 16.3 Å². The Morgan fingerprint density at radius 2 is 2.15 bits per heavy atom. The van der Waals surface area contributed by atoms with E-state index in [1.165, 1.54) is 0 Å². The number of anilines is 1. The zero-order valence-electron chi connectivity index (χ0n) is 10.7. The van der Waals surface area contributed by atoms with Crippen molar-refractivity contribution in [1.29, 1.82) is 0 Å². The van der Waals surface area contributed by atoms with E-state index >= 15 is 0 Å². The lowest BCUT2D eigenvalue weighted by Crippen LogP contribution is -2.05. The van der Waals surface area contributed by atoms with Crippen LogP contribution in [0.2, 0.25) is 0 Å². The van der Waals surface area contributed by atoms with Gasteiger partial charge in [-0.2, -0.15) is 0 Å². The molecule has 0 spiro atoms. The predicted molar refractivity (Wildman–Crippen MR) is 74.7 cm³/mol. The smallest absolute Gasteiger partial charge is 0.359 e. The van der Waals surface area contributed by atoms with Crippen molar-refractivity contribution in [2.75, 3.05) is 12.3 Å². The Bertz CT molecular complexity index is 876. The lowest BCUT2D eigenvalue weighted by atomic mass is 10.1. The number of carbonyl (C=O) groups excluding carboxylic acids is 1. The summed E-state index contributed by atoms with van der Waals surface area (Å²) in [5.74, 6) is -0.429. The summed E-state index contributed by atoms with van der Waals surface area (Å²) in [6.07, 6.45) is 0. The van der Waals surface area contributed by atoms with Crippen LogP contribution in [0.15, 0.2) is 33.5 Å². The van der Waals surface area contributed by atoms with Gasteiger partial charge >= 0.3 is 11.6 Å². The Hall–Kier alpha value is -2.76. The molecule has 6 heteroatoms. The van der Waals surface area contributed by atoms with Gasteiger partial charge in [0.25, 0.3) is 0 Å². The Morgan fingerprint density at radius 1 is 1.35 bits per heavy atom. The number of benzene rings is 1. The van der Waals surface area contributed by atoms with Crippen LogP contribution in [-0.4, -0.2) is 17.6 Å². The molecule has 1 aromatic carbocycles. The quantitative estimate of drug-likeness (QED) is 0.549. The number of hydrogen-bond acceptors (Lipinski definition) is 5. The third-order valence-electron chi connectivity index (χ3n) is 3.04. The molecule has 0 atom stereocenters. The van der Waals surface area contributed by atoms with E-state index in [1.54, 1.807) is 31.2 Å². The Kier molecular flexibility index (Phi) is 2.71. The Morgan fingerprint density at radius 3 is 2.90 bits per heavy atom. The standard InChI is InChI=1S/C14H12N2O4/c1-2-19-14(18)11-6-7-8-5-9(15)13(17)20-12(8)4-3-10(7)16-11/h3-6,16H,2,15H2,1H3. The number of fused-ring (bicyclic) bond motifs is 3. The first-order valence-electron chi connectivity index (χ1n) is 6.12. The minimum absolute atomic E-state index is 0.0314. The van der Waals surface area contributed by atoms with Gasteiger partial charge in [-0.15, -0.1) is 0 Å². The summed E-state index contributed by atoms with van der Waals surface area (Å²) in [6.45, 7) is 2.04. The molecule has 102 valence electrons. The second kappa shape index (κ2) is 4.41. The number of H-pyrrole nitrogens is 1. The molecule has 20 heavy (non-hydrogen) atoms. The maximum Gasteiger partial charge on any atom is 0.359 e. The molecule has 0 aliphatic carbocycles. The average molecular weight is 272 g/mol. The number of rotatable bonds is 2. The number of aromatic nitrogens is 1. The van der Waals surface area contributed by atoms with E-state index in [9.17, 15) is 9.59 Å². The van der Waals surface area contributed by atoms with Crippen molar-refractivity contribution < 1.29 is 13.9 Å². The van der Waals surface area contributed by atoms with Crippen molar-refractivity contribution in [3.05, 3.63) is 40.4 Å². The summed E-state index contributed by atoms with van der Waals surface area (Å²) in [5.41, 5.74) is 6.56. The highest BCUT2D eigenvalue weighted by Gasteiger charge is 2.13. The lowest BCUT2D eigenvalue weighted by molar-refractivity contribution is 0.0520. The van der Waals surface area contributed by atoms with Crippen LogP contribution in [0, 0.1) is 0 Å². The minimum Gasteiger partial charge on any atom is -0.461 e. The molecule has 3 aromatic rings. The number of nitrogens with two attached hydrogens (primary N) is 1. The van der Waals surface area contributed by atoms with Crippen LogP contribution in [0.3, 0.4) is 0 Å². The summed E-state index contributed by atoms with van der Waals surface area (Å²) in [7, 11) is 0. The van der Waals surface area contributed by atoms with Crippen LogP contribution in [0.5, 0.6) is 0 Å². The Balaban J connectivity index is 2.28. The predicted octanol–water partition coefficient (Wildman–Crippen LogP) is 2.03. The fraction of sp³-hybridized carbons (Fsp3) is 0.143. The molecule has 0 fully saturated rings. The molecule has 0 saturated heterocycles. The van der Waals surface area contributed by atoms with Gasteiger partial charge in [0.2, 0.25) is 0 Å². The van der Waals surface area contributed by atoms with Crippen molar-refractivity contribution in [1.82, 2.24) is 4.98 Å². The number of esters is 1. The minimum atomic E-state index is -0.571. The molecule has 0 amide bonds. The number of nitrogens with one attached hydrogen (secondary N) is 1. The van der Waals surface area contributed by atoms with Gasteiger partial charge in [-0.1, -0.05) is 0 Å². The normalized spacial score (nSPS) is 11.1. The summed E-state index contributed by atoms with van der Waals surface area (Å²) in [4.78, 5) is 26.1. The number of ether oxygens (including phenoxy) is 1. The highest BCUT2D eigenvalue weighted by molar-refractivity contribution is 6.08. The largest absolute Gasteiger partial charge is 0.461 e. The average Bonchev–Trinajstić information content (AvgIpc) is 2.85. The maximum absolute atomic E-state index is 11.7. The van der Waals surface area contributed by atoms with E-state index in [0.29, 0.717) is 23.3 Å². The van der Waals surface area contributed by atoms with Crippen molar-refractivity contribution in [2.24, 2.45) is 0 Å². The summed E-state index contributed by atoms with van der Waals surface area (Å²) in [6, 6.07) is 6.60. The molecule has 3 N–H and O–H groups in total. The summed E-state index contributed by atoms with van der Waals surface area (Å²) in [5, 5.41) is 1.42. The van der Waals surface area contributed by atoms with E-state index in [2.05, 4.69) is 4.98 Å². The molecular formula is C14H12N2O4. The van der Waals surface area contributed by atoms with Crippen molar-refractivity contribution >= 4 is 33.5 Å². The fourth-order valence-electron chi connectivity index (χ4n) is 2.14. The molecule has 3 rings (SSSR count). The zero-order valence-corrected chi connectivity index (χ0v) is 10.7. The number of aromatic amines is 1. The van der Waals surface area contributed by atoms with Crippen molar-refractivity contribution in [3.8, 4) is 0 Å². The number of hydrogen-bond donors (Lipinski definition) is 2. The van der Waals surface area contributed by atoms with Gasteiger partial charge in [0.05, 0.1) is 6.61 Å². The van der Waals surface area contributed by atoms with Crippen molar-refractivity contribution in [3.63, 3.8) is 0 Å². The fourth-order valence-corrected chi connectivity index (χ4v) is 2.14. The van der Waals surface area contributed by atoms with Gasteiger partial charge in [-0.05, 0) is 31.2 Å². The van der Waals surface area contributed by atoms with E-state index in [0.717, 1.165) is 10.9 Å². The van der Waals surface area contributed by atoms with Crippen LogP contribution in [0.25, 0.3) is 21.9 Å². The van der Waals surface area contributed by atoms with Gasteiger partial charge in [-0.3, -0.25) is 0 Å². The summed E-state index contributed by atoms with van der Waals surface area (Å²) < 4.78 is 10.1. The van der Waals surface area contributed by atoms with Gasteiger partial charge in [0.1, 0.15) is 17.0 Å². The highest BCUT2D eigenvalue weighted by Crippen LogP contribution is 2.26. The van der Waals surface area contributed by atoms with Crippen LogP contribution in [-0.2, 0) is 4.74 Å². The van der Waals surface area contributed by atoms with Crippen LogP contribution in [0.1, 0.15) is 17.4 Å². The topological polar surface area (TPSA) is 98.3 Å². The Labute approximate surface area is 113 Å². The second-order valence-corrected chi connectivity index (χ2v) is 4.33. The third-order valence-corrected chi connectivity index (χ3v) is 3.04. The van der Waals surface area contributed by atoms with Crippen molar-refractivity contribution in [2.45, 2.75) is 6.92 Å². The maximum atomic E-state index is 11.7. The van der Waals surface area contributed by atoms with E-state index in [-0.39, 0.29) is 5.69 Å². The SMILES string of the molecule is CCOC(=O)c1cc2c(ccc3oc(=O)c(N)cc32)[nH]1. The number of carbonyl (C=O) groups is 1. The molecule has 2 heterocycles. The first kappa shape index (κ1) is 12.3. The van der Waals surface area contributed by atoms with Crippen LogP contribution in [0.4, 0.5) is 5.69 Å². The molecule has 0 radical (unpaired) electrons. The molecule has 0 bridgehead atoms. The zero-order chi connectivity index (χ0) is 14.3. The van der Waals surface area contributed by atoms with Crippen LogP contribution >= 0.6 is 0 Å². The molecule has 0 unspecified atom stereocenters. The molecule has 0 aliphatic rings. The van der Waals surface area contributed by atoms with E-state index in [1.807, 2.05) is 0 Å². The summed E-state index contributed by atoms with van der Waals surface area (Å²) >= 11 is 0. The van der Waals surface area contributed by atoms with Gasteiger partial charge in [0.15, 0.2) is 0 Å². The van der Waals surface area contributed by atoms with Crippen LogP contribution < -0.4 is 11.4 Å².